The molecule has 0 aliphatic heterocycles. The fourth-order valence-electron chi connectivity index (χ4n) is 1.30. The van der Waals surface area contributed by atoms with Gasteiger partial charge in [-0.1, -0.05) is 0 Å². The molecule has 0 atom stereocenters. The van der Waals surface area contributed by atoms with Crippen molar-refractivity contribution >= 4 is 17.1 Å². The van der Waals surface area contributed by atoms with Gasteiger partial charge in [0.15, 0.2) is 29.8 Å². The molecule has 0 radical (unpaired) electrons. The molecule has 0 saturated carbocycles. The van der Waals surface area contributed by atoms with Crippen molar-refractivity contribution < 1.29 is 23.8 Å². The van der Waals surface area contributed by atoms with E-state index < -0.39 is 12.6 Å². The van der Waals surface area contributed by atoms with Crippen molar-refractivity contribution in [2.75, 3.05) is 13.7 Å². The van der Waals surface area contributed by atoms with E-state index in [9.17, 15) is 4.79 Å². The van der Waals surface area contributed by atoms with Crippen LogP contribution in [0.15, 0.2) is 22.9 Å². The van der Waals surface area contributed by atoms with E-state index in [1.165, 1.54) is 13.5 Å². The van der Waals surface area contributed by atoms with Crippen molar-refractivity contribution in [1.29, 1.82) is 0 Å². The first kappa shape index (κ1) is 10.3. The van der Waals surface area contributed by atoms with E-state index in [4.69, 9.17) is 19.0 Å². The third kappa shape index (κ3) is 1.90. The summed E-state index contributed by atoms with van der Waals surface area (Å²) in [6.45, 7) is -0.414. The summed E-state index contributed by atoms with van der Waals surface area (Å²) < 4.78 is 15.2. The molecule has 84 valence electrons. The number of benzene rings is 1. The Kier molecular flexibility index (Phi) is 2.63. The number of carbonyl (C=O) groups is 1. The van der Waals surface area contributed by atoms with Crippen LogP contribution in [0.1, 0.15) is 0 Å². The van der Waals surface area contributed by atoms with E-state index in [1.807, 2.05) is 0 Å². The summed E-state index contributed by atoms with van der Waals surface area (Å²) in [5.74, 6) is -0.202. The Morgan fingerprint density at radius 1 is 1.56 bits per heavy atom. The first-order valence-electron chi connectivity index (χ1n) is 4.46. The molecule has 6 nitrogen and oxygen atoms in total. The number of rotatable bonds is 4. The van der Waals surface area contributed by atoms with Gasteiger partial charge in [-0.05, 0) is 0 Å². The Morgan fingerprint density at radius 3 is 3.06 bits per heavy atom. The summed E-state index contributed by atoms with van der Waals surface area (Å²) in [5.41, 5.74) is 1.06. The molecule has 1 aromatic carbocycles. The molecule has 0 bridgehead atoms. The molecule has 6 heteroatoms. The fourth-order valence-corrected chi connectivity index (χ4v) is 1.30. The second kappa shape index (κ2) is 4.09. The zero-order valence-corrected chi connectivity index (χ0v) is 8.47. The van der Waals surface area contributed by atoms with Crippen molar-refractivity contribution in [3.8, 4) is 11.5 Å². The van der Waals surface area contributed by atoms with Gasteiger partial charge in [-0.3, -0.25) is 0 Å². The van der Waals surface area contributed by atoms with Crippen molar-refractivity contribution in [1.82, 2.24) is 4.98 Å². The van der Waals surface area contributed by atoms with E-state index in [-0.39, 0.29) is 0 Å². The first-order chi connectivity index (χ1) is 7.70. The summed E-state index contributed by atoms with van der Waals surface area (Å²) in [6, 6.07) is 3.13. The van der Waals surface area contributed by atoms with Crippen LogP contribution in [-0.2, 0) is 4.79 Å². The molecule has 2 aromatic rings. The van der Waals surface area contributed by atoms with Crippen LogP contribution < -0.4 is 9.47 Å². The van der Waals surface area contributed by atoms with Crippen LogP contribution in [0.5, 0.6) is 11.5 Å². The molecule has 0 aliphatic rings. The van der Waals surface area contributed by atoms with Gasteiger partial charge < -0.3 is 19.0 Å². The topological polar surface area (TPSA) is 81.8 Å². The zero-order chi connectivity index (χ0) is 11.5. The fraction of sp³-hybridized carbons (Fsp3) is 0.200. The molecular formula is C10H9NO5. The maximum atomic E-state index is 10.3. The molecule has 0 aliphatic carbocycles. The Bertz CT molecular complexity index is 519. The van der Waals surface area contributed by atoms with Crippen molar-refractivity contribution in [3.63, 3.8) is 0 Å². The summed E-state index contributed by atoms with van der Waals surface area (Å²) in [7, 11) is 1.49. The molecule has 2 rings (SSSR count). The largest absolute Gasteiger partial charge is 0.494 e. The molecule has 1 heterocycles. The van der Waals surface area contributed by atoms with E-state index in [0.29, 0.717) is 22.6 Å². The Labute approximate surface area is 90.4 Å². The normalized spacial score (nSPS) is 10.3. The van der Waals surface area contributed by atoms with Crippen molar-refractivity contribution in [2.45, 2.75) is 0 Å². The predicted octanol–water partition coefficient (Wildman–Crippen LogP) is 1.30. The highest BCUT2D eigenvalue weighted by atomic mass is 16.5. The quantitative estimate of drug-likeness (QED) is 0.841. The lowest BCUT2D eigenvalue weighted by Gasteiger charge is -2.05. The summed E-state index contributed by atoms with van der Waals surface area (Å²) in [4.78, 5) is 14.3. The number of aromatic nitrogens is 1. The third-order valence-electron chi connectivity index (χ3n) is 1.96. The van der Waals surface area contributed by atoms with Gasteiger partial charge in [0.05, 0.1) is 7.11 Å². The highest BCUT2D eigenvalue weighted by Crippen LogP contribution is 2.29. The van der Waals surface area contributed by atoms with Gasteiger partial charge in [0, 0.05) is 12.1 Å². The molecule has 16 heavy (non-hydrogen) atoms. The lowest BCUT2D eigenvalue weighted by molar-refractivity contribution is -0.139. The summed E-state index contributed by atoms with van der Waals surface area (Å²) >= 11 is 0. The smallest absolute Gasteiger partial charge is 0.341 e. The van der Waals surface area contributed by atoms with Crippen LogP contribution in [0.25, 0.3) is 11.1 Å². The summed E-state index contributed by atoms with van der Waals surface area (Å²) in [5, 5.41) is 8.48. The van der Waals surface area contributed by atoms with Crippen molar-refractivity contribution in [2.24, 2.45) is 0 Å². The Balaban J connectivity index is 2.35. The average Bonchev–Trinajstić information content (AvgIpc) is 2.73. The molecule has 0 fully saturated rings. The molecule has 1 aromatic heterocycles. The molecule has 1 N–H and O–H groups in total. The van der Waals surface area contributed by atoms with Crippen molar-refractivity contribution in [3.05, 3.63) is 18.5 Å². The second-order valence-corrected chi connectivity index (χ2v) is 3.01. The van der Waals surface area contributed by atoms with E-state index in [1.54, 1.807) is 12.1 Å². The number of hydrogen-bond acceptors (Lipinski definition) is 5. The first-order valence-corrected chi connectivity index (χ1v) is 4.46. The number of fused-ring (bicyclic) bond motifs is 1. The average molecular weight is 223 g/mol. The van der Waals surface area contributed by atoms with E-state index >= 15 is 0 Å². The second-order valence-electron chi connectivity index (χ2n) is 3.01. The number of ether oxygens (including phenoxy) is 2. The number of carboxylic acids is 1. The van der Waals surface area contributed by atoms with Gasteiger partial charge in [0.1, 0.15) is 5.75 Å². The monoisotopic (exact) mass is 223 g/mol. The van der Waals surface area contributed by atoms with Crippen LogP contribution in [0.4, 0.5) is 0 Å². The number of carboxylic acid groups (broad SMARTS) is 1. The van der Waals surface area contributed by atoms with Crippen LogP contribution in [0, 0.1) is 0 Å². The van der Waals surface area contributed by atoms with Crippen LogP contribution in [-0.4, -0.2) is 29.8 Å². The number of oxazole rings is 1. The lowest BCUT2D eigenvalue weighted by atomic mass is 10.3. The molecule has 0 unspecified atom stereocenters. The minimum Gasteiger partial charge on any atom is -0.494 e. The lowest BCUT2D eigenvalue weighted by Crippen LogP contribution is -2.09. The van der Waals surface area contributed by atoms with Gasteiger partial charge in [0.2, 0.25) is 0 Å². The highest BCUT2D eigenvalue weighted by Gasteiger charge is 2.10. The number of nitrogens with zero attached hydrogens (tertiary/aromatic N) is 1. The summed E-state index contributed by atoms with van der Waals surface area (Å²) in [6.07, 6.45) is 1.29. The Hall–Kier alpha value is -2.24. The molecule has 0 saturated heterocycles. The van der Waals surface area contributed by atoms with Crippen LogP contribution >= 0.6 is 0 Å². The number of methoxy groups -OCH3 is 1. The van der Waals surface area contributed by atoms with Gasteiger partial charge >= 0.3 is 5.97 Å². The van der Waals surface area contributed by atoms with Crippen LogP contribution in [0.2, 0.25) is 0 Å². The van der Waals surface area contributed by atoms with Gasteiger partial charge in [-0.2, -0.15) is 0 Å². The minimum atomic E-state index is -1.04. The maximum absolute atomic E-state index is 10.3. The van der Waals surface area contributed by atoms with Gasteiger partial charge in [0.25, 0.3) is 0 Å². The maximum Gasteiger partial charge on any atom is 0.341 e. The predicted molar refractivity (Wildman–Crippen MR) is 53.7 cm³/mol. The molecule has 0 amide bonds. The van der Waals surface area contributed by atoms with E-state index in [2.05, 4.69) is 4.98 Å². The zero-order valence-electron chi connectivity index (χ0n) is 8.47. The standard InChI is InChI=1S/C10H9NO5/c1-14-7-2-6(15-4-9(12)13)3-8-10(7)11-5-16-8/h2-3,5H,4H2,1H3,(H,12,13). The van der Waals surface area contributed by atoms with Gasteiger partial charge in [-0.25, -0.2) is 9.78 Å². The number of hydrogen-bond donors (Lipinski definition) is 1. The number of aliphatic carboxylic acids is 1. The Morgan fingerprint density at radius 2 is 2.38 bits per heavy atom. The SMILES string of the molecule is COc1cc(OCC(=O)O)cc2ocnc12. The molecule has 0 spiro atoms. The van der Waals surface area contributed by atoms with E-state index in [0.717, 1.165) is 0 Å². The third-order valence-corrected chi connectivity index (χ3v) is 1.96. The molecular weight excluding hydrogens is 214 g/mol. The van der Waals surface area contributed by atoms with Crippen LogP contribution in [0.3, 0.4) is 0 Å². The minimum absolute atomic E-state index is 0.364. The van der Waals surface area contributed by atoms with Gasteiger partial charge in [-0.15, -0.1) is 0 Å². The highest BCUT2D eigenvalue weighted by molar-refractivity contribution is 5.81.